The largest absolute Gasteiger partial charge is 0.481 e. The first-order chi connectivity index (χ1) is 9.61. The van der Waals surface area contributed by atoms with Crippen molar-refractivity contribution in [1.29, 1.82) is 0 Å². The van der Waals surface area contributed by atoms with E-state index in [1.54, 1.807) is 0 Å². The van der Waals surface area contributed by atoms with Gasteiger partial charge in [-0.3, -0.25) is 0 Å². The second kappa shape index (κ2) is 6.21. The van der Waals surface area contributed by atoms with Crippen molar-refractivity contribution >= 4 is 0 Å². The predicted molar refractivity (Wildman–Crippen MR) is 68.9 cm³/mol. The summed E-state index contributed by atoms with van der Waals surface area (Å²) in [5.41, 5.74) is -1.75. The average molecular weight is 286 g/mol. The van der Waals surface area contributed by atoms with Gasteiger partial charge in [0.25, 0.3) is 0 Å². The molecule has 1 aliphatic carbocycles. The number of rotatable bonds is 5. The molecule has 2 atom stereocenters. The van der Waals surface area contributed by atoms with Crippen LogP contribution in [0.5, 0.6) is 17.8 Å². The monoisotopic (exact) mass is 286 g/mol. The number of alkyl halides is 1. The maximum Gasteiger partial charge on any atom is 0.323 e. The molecule has 20 heavy (non-hydrogen) atoms. The molecule has 1 saturated carbocycles. The molecule has 2 rings (SSSR count). The Hall–Kier alpha value is -1.63. The second-order valence-corrected chi connectivity index (χ2v) is 4.78. The topological polar surface area (TPSA) is 73.7 Å². The van der Waals surface area contributed by atoms with E-state index in [4.69, 9.17) is 14.2 Å². The van der Waals surface area contributed by atoms with Crippen LogP contribution in [0.3, 0.4) is 0 Å². The van der Waals surface area contributed by atoms with Gasteiger partial charge in [0.2, 0.25) is 11.8 Å². The van der Waals surface area contributed by atoms with E-state index in [2.05, 4.69) is 9.97 Å². The van der Waals surface area contributed by atoms with Gasteiger partial charge in [-0.05, 0) is 25.7 Å². The number of hydrogen-bond acceptors (Lipinski definition) is 6. The van der Waals surface area contributed by atoms with Crippen LogP contribution in [0.2, 0.25) is 0 Å². The van der Waals surface area contributed by atoms with Crippen LogP contribution in [0.1, 0.15) is 25.7 Å². The molecule has 0 bridgehead atoms. The summed E-state index contributed by atoms with van der Waals surface area (Å²) in [6.45, 7) is -0.571. The van der Waals surface area contributed by atoms with E-state index >= 15 is 0 Å². The number of nitrogens with zero attached hydrogens (tertiary/aromatic N) is 2. The predicted octanol–water partition coefficient (Wildman–Crippen LogP) is 1.52. The minimum atomic E-state index is -1.75. The average Bonchev–Trinajstić information content (AvgIpc) is 2.49. The molecule has 1 fully saturated rings. The summed E-state index contributed by atoms with van der Waals surface area (Å²) in [7, 11) is 2.92. The summed E-state index contributed by atoms with van der Waals surface area (Å²) in [6, 6.07) is 1.49. The fourth-order valence-electron chi connectivity index (χ4n) is 2.29. The number of halogens is 1. The second-order valence-electron chi connectivity index (χ2n) is 4.78. The van der Waals surface area contributed by atoms with Crippen molar-refractivity contribution in [1.82, 2.24) is 9.97 Å². The number of hydrogen-bond donors (Lipinski definition) is 1. The molecule has 1 aromatic rings. The van der Waals surface area contributed by atoms with E-state index in [9.17, 15) is 9.50 Å². The lowest BCUT2D eigenvalue weighted by Crippen LogP contribution is -2.47. The van der Waals surface area contributed by atoms with Crippen molar-refractivity contribution in [3.8, 4) is 17.8 Å². The Labute approximate surface area is 116 Å². The highest BCUT2D eigenvalue weighted by Gasteiger charge is 2.43. The Morgan fingerprint density at radius 3 is 2.50 bits per heavy atom. The molecule has 2 unspecified atom stereocenters. The first-order valence-corrected chi connectivity index (χ1v) is 6.55. The first-order valence-electron chi connectivity index (χ1n) is 6.55. The molecule has 0 radical (unpaired) electrons. The molecule has 0 saturated heterocycles. The standard InChI is InChI=1S/C13H19FN2O4/c1-18-10-7-11(19-2)16-12(15-10)20-9-5-3-4-6-13(9,14)8-17/h7,9,17H,3-6,8H2,1-2H3. The summed E-state index contributed by atoms with van der Waals surface area (Å²) in [4.78, 5) is 8.02. The van der Waals surface area contributed by atoms with E-state index in [0.29, 0.717) is 6.42 Å². The lowest BCUT2D eigenvalue weighted by Gasteiger charge is -2.35. The Bertz CT molecular complexity index is 438. The molecule has 1 aliphatic rings. The van der Waals surface area contributed by atoms with Gasteiger partial charge >= 0.3 is 6.01 Å². The van der Waals surface area contributed by atoms with Crippen molar-refractivity contribution in [3.63, 3.8) is 0 Å². The molecule has 1 heterocycles. The number of ether oxygens (including phenoxy) is 3. The van der Waals surface area contributed by atoms with Gasteiger partial charge in [-0.25, -0.2) is 4.39 Å². The number of aliphatic hydroxyl groups excluding tert-OH is 1. The summed E-state index contributed by atoms with van der Waals surface area (Å²) in [5.74, 6) is 0.548. The highest BCUT2D eigenvalue weighted by atomic mass is 19.1. The van der Waals surface area contributed by atoms with Gasteiger partial charge in [0.15, 0.2) is 5.67 Å². The van der Waals surface area contributed by atoms with Crippen molar-refractivity contribution < 1.29 is 23.7 Å². The Kier molecular flexibility index (Phi) is 4.59. The fraction of sp³-hybridized carbons (Fsp3) is 0.692. The highest BCUT2D eigenvalue weighted by molar-refractivity contribution is 5.23. The Balaban J connectivity index is 2.19. The molecule has 0 spiro atoms. The van der Waals surface area contributed by atoms with E-state index < -0.39 is 18.4 Å². The lowest BCUT2D eigenvalue weighted by molar-refractivity contribution is -0.0615. The lowest BCUT2D eigenvalue weighted by atomic mass is 9.84. The third-order valence-electron chi connectivity index (χ3n) is 3.47. The number of methoxy groups -OCH3 is 2. The van der Waals surface area contributed by atoms with Gasteiger partial charge < -0.3 is 19.3 Å². The normalized spacial score (nSPS) is 26.1. The van der Waals surface area contributed by atoms with Crippen molar-refractivity contribution in [2.24, 2.45) is 0 Å². The zero-order valence-electron chi connectivity index (χ0n) is 11.6. The van der Waals surface area contributed by atoms with Crippen LogP contribution in [0, 0.1) is 0 Å². The third-order valence-corrected chi connectivity index (χ3v) is 3.47. The van der Waals surface area contributed by atoms with E-state index in [-0.39, 0.29) is 24.2 Å². The van der Waals surface area contributed by atoms with Gasteiger partial charge in [-0.2, -0.15) is 9.97 Å². The summed E-state index contributed by atoms with van der Waals surface area (Å²) < 4.78 is 30.1. The molecular formula is C13H19FN2O4. The Morgan fingerprint density at radius 2 is 1.95 bits per heavy atom. The van der Waals surface area contributed by atoms with E-state index in [0.717, 1.165) is 12.8 Å². The van der Waals surface area contributed by atoms with Crippen LogP contribution in [0.15, 0.2) is 6.07 Å². The fourth-order valence-corrected chi connectivity index (χ4v) is 2.29. The molecule has 1 N–H and O–H groups in total. The van der Waals surface area contributed by atoms with Crippen LogP contribution >= 0.6 is 0 Å². The van der Waals surface area contributed by atoms with Crippen LogP contribution in [-0.4, -0.2) is 47.7 Å². The van der Waals surface area contributed by atoms with E-state index in [1.165, 1.54) is 20.3 Å². The maximum absolute atomic E-state index is 14.5. The van der Waals surface area contributed by atoms with Gasteiger partial charge in [-0.1, -0.05) is 0 Å². The SMILES string of the molecule is COc1cc(OC)nc(OC2CCCCC2(F)CO)n1. The molecule has 0 aromatic carbocycles. The van der Waals surface area contributed by atoms with Crippen LogP contribution < -0.4 is 14.2 Å². The maximum atomic E-state index is 14.5. The molecule has 0 amide bonds. The Morgan fingerprint density at radius 1 is 1.30 bits per heavy atom. The van der Waals surface area contributed by atoms with Gasteiger partial charge in [0.1, 0.15) is 6.10 Å². The van der Waals surface area contributed by atoms with Crippen LogP contribution in [0.25, 0.3) is 0 Å². The minimum absolute atomic E-state index is 0.0106. The highest BCUT2D eigenvalue weighted by Crippen LogP contribution is 2.34. The molecule has 7 heteroatoms. The number of aliphatic hydroxyl groups is 1. The minimum Gasteiger partial charge on any atom is -0.481 e. The van der Waals surface area contributed by atoms with Crippen LogP contribution in [-0.2, 0) is 0 Å². The van der Waals surface area contributed by atoms with Crippen molar-refractivity contribution in [2.45, 2.75) is 37.5 Å². The van der Waals surface area contributed by atoms with Gasteiger partial charge in [-0.15, -0.1) is 0 Å². The summed E-state index contributed by atoms with van der Waals surface area (Å²) in [6.07, 6.45) is 1.60. The molecule has 0 aliphatic heterocycles. The number of aromatic nitrogens is 2. The molecule has 112 valence electrons. The zero-order chi connectivity index (χ0) is 14.6. The summed E-state index contributed by atoms with van der Waals surface area (Å²) in [5, 5.41) is 9.26. The van der Waals surface area contributed by atoms with Crippen LogP contribution in [0.4, 0.5) is 4.39 Å². The molecule has 6 nitrogen and oxygen atoms in total. The molecule has 1 aromatic heterocycles. The molecular weight excluding hydrogens is 267 g/mol. The van der Waals surface area contributed by atoms with Crippen molar-refractivity contribution in [2.75, 3.05) is 20.8 Å². The smallest absolute Gasteiger partial charge is 0.323 e. The zero-order valence-corrected chi connectivity index (χ0v) is 11.6. The third kappa shape index (κ3) is 3.09. The van der Waals surface area contributed by atoms with Crippen molar-refractivity contribution in [3.05, 3.63) is 6.07 Å². The summed E-state index contributed by atoms with van der Waals surface area (Å²) >= 11 is 0. The quantitative estimate of drug-likeness (QED) is 0.884. The first kappa shape index (κ1) is 14.8. The van der Waals surface area contributed by atoms with Gasteiger partial charge in [0, 0.05) is 0 Å². The van der Waals surface area contributed by atoms with Gasteiger partial charge in [0.05, 0.1) is 26.9 Å². The van der Waals surface area contributed by atoms with E-state index in [1.807, 2.05) is 0 Å².